The van der Waals surface area contributed by atoms with Gasteiger partial charge in [0.05, 0.1) is 18.1 Å². The standard InChI is InChI=1S/C31H34FN3O4/c1-2-3-4-5-6-13-24(33)29(36)35-19-31(18-26(35)30(37)38)16-15-23-22-12-7-8-14-25(22)34-27(28(23)39-31)20-10-9-11-21(32)17-20/h2,7-12,14,17,24,26H,1,3-6,13,15-16,18-19,33H2,(H,37,38)/t24-,26-,31+/m0/s1. The van der Waals surface area contributed by atoms with Crippen molar-refractivity contribution in [2.45, 2.75) is 69.1 Å². The minimum atomic E-state index is -1.07. The van der Waals surface area contributed by atoms with Gasteiger partial charge in [0.25, 0.3) is 0 Å². The number of unbranched alkanes of at least 4 members (excludes halogenated alkanes) is 3. The van der Waals surface area contributed by atoms with Crippen LogP contribution in [0.15, 0.2) is 61.2 Å². The molecule has 1 aromatic heterocycles. The van der Waals surface area contributed by atoms with E-state index in [1.54, 1.807) is 12.1 Å². The molecular weight excluding hydrogens is 497 g/mol. The number of benzene rings is 2. The molecule has 0 radical (unpaired) electrons. The lowest BCUT2D eigenvalue weighted by Crippen LogP contribution is -2.50. The van der Waals surface area contributed by atoms with Crippen molar-refractivity contribution < 1.29 is 23.8 Å². The average Bonchev–Trinajstić information content (AvgIpc) is 3.30. The van der Waals surface area contributed by atoms with Crippen molar-refractivity contribution in [1.29, 1.82) is 0 Å². The fourth-order valence-electron chi connectivity index (χ4n) is 5.89. The van der Waals surface area contributed by atoms with Crippen LogP contribution in [0.1, 0.15) is 50.5 Å². The number of likely N-dealkylation sites (tertiary alicyclic amines) is 1. The SMILES string of the molecule is C=CCCCCC[C@H](N)C(=O)N1C[C@@]2(CCc3c(c(-c4cccc(F)c4)nc4ccccc34)O2)C[C@H]1C(=O)O. The maximum atomic E-state index is 14.2. The Morgan fingerprint density at radius 3 is 2.82 bits per heavy atom. The number of nitrogens with two attached hydrogens (primary N) is 1. The van der Waals surface area contributed by atoms with Gasteiger partial charge in [-0.2, -0.15) is 0 Å². The normalized spacial score (nSPS) is 21.0. The van der Waals surface area contributed by atoms with E-state index in [9.17, 15) is 19.1 Å². The molecule has 2 aliphatic heterocycles. The molecule has 2 aliphatic rings. The van der Waals surface area contributed by atoms with Gasteiger partial charge in [-0.05, 0) is 50.3 Å². The number of amides is 1. The van der Waals surface area contributed by atoms with E-state index in [-0.39, 0.29) is 24.7 Å². The van der Waals surface area contributed by atoms with E-state index in [4.69, 9.17) is 15.5 Å². The summed E-state index contributed by atoms with van der Waals surface area (Å²) in [5.74, 6) is -1.30. The van der Waals surface area contributed by atoms with Crippen LogP contribution in [0.5, 0.6) is 5.75 Å². The number of carboxylic acid groups (broad SMARTS) is 1. The average molecular weight is 532 g/mol. The Hall–Kier alpha value is -3.78. The van der Waals surface area contributed by atoms with Crippen molar-refractivity contribution in [3.63, 3.8) is 0 Å². The third-order valence-electron chi connectivity index (χ3n) is 7.91. The lowest BCUT2D eigenvalue weighted by molar-refractivity contribution is -0.148. The number of pyridine rings is 1. The van der Waals surface area contributed by atoms with E-state index in [1.807, 2.05) is 30.3 Å². The van der Waals surface area contributed by atoms with Gasteiger partial charge in [-0.1, -0.05) is 49.2 Å². The number of carbonyl (C=O) groups excluding carboxylic acids is 1. The molecule has 1 saturated heterocycles. The van der Waals surface area contributed by atoms with Crippen molar-refractivity contribution in [1.82, 2.24) is 9.88 Å². The highest BCUT2D eigenvalue weighted by Crippen LogP contribution is 2.47. The summed E-state index contributed by atoms with van der Waals surface area (Å²) in [5, 5.41) is 11.0. The van der Waals surface area contributed by atoms with E-state index in [2.05, 4.69) is 6.58 Å². The number of ether oxygens (including phenoxy) is 1. The van der Waals surface area contributed by atoms with E-state index in [0.29, 0.717) is 36.3 Å². The molecule has 3 atom stereocenters. The van der Waals surface area contributed by atoms with Gasteiger partial charge in [-0.25, -0.2) is 14.2 Å². The second kappa shape index (κ2) is 11.1. The first-order valence-electron chi connectivity index (χ1n) is 13.6. The first-order valence-corrected chi connectivity index (χ1v) is 13.6. The molecule has 5 rings (SSSR count). The van der Waals surface area contributed by atoms with Crippen LogP contribution in [0.2, 0.25) is 0 Å². The van der Waals surface area contributed by atoms with Gasteiger partial charge < -0.3 is 20.5 Å². The number of fused-ring (bicyclic) bond motifs is 3. The van der Waals surface area contributed by atoms with Crippen LogP contribution in [-0.2, 0) is 16.0 Å². The number of rotatable bonds is 9. The van der Waals surface area contributed by atoms with E-state index in [0.717, 1.165) is 42.1 Å². The second-order valence-electron chi connectivity index (χ2n) is 10.6. The number of aryl methyl sites for hydroxylation is 1. The van der Waals surface area contributed by atoms with Crippen LogP contribution in [0.3, 0.4) is 0 Å². The summed E-state index contributed by atoms with van der Waals surface area (Å²) in [5.41, 5.74) is 8.18. The summed E-state index contributed by atoms with van der Waals surface area (Å²) in [7, 11) is 0. The van der Waals surface area contributed by atoms with Crippen molar-refractivity contribution >= 4 is 22.8 Å². The summed E-state index contributed by atoms with van der Waals surface area (Å²) in [4.78, 5) is 31.9. The fraction of sp³-hybridized carbons (Fsp3) is 0.387. The molecule has 39 heavy (non-hydrogen) atoms. The fourth-order valence-corrected chi connectivity index (χ4v) is 5.89. The van der Waals surface area contributed by atoms with Crippen molar-refractivity contribution in [3.05, 3.63) is 72.6 Å². The Kier molecular flexibility index (Phi) is 7.66. The van der Waals surface area contributed by atoms with Crippen LogP contribution < -0.4 is 10.5 Å². The third-order valence-corrected chi connectivity index (χ3v) is 7.91. The Morgan fingerprint density at radius 1 is 1.23 bits per heavy atom. The molecule has 2 aromatic carbocycles. The molecule has 0 bridgehead atoms. The predicted molar refractivity (Wildman–Crippen MR) is 148 cm³/mol. The third kappa shape index (κ3) is 5.39. The lowest BCUT2D eigenvalue weighted by atomic mass is 9.86. The number of hydrogen-bond donors (Lipinski definition) is 2. The molecule has 3 aromatic rings. The number of halogens is 1. The summed E-state index contributed by atoms with van der Waals surface area (Å²) >= 11 is 0. The van der Waals surface area contributed by atoms with Gasteiger partial charge in [0.1, 0.15) is 28.9 Å². The monoisotopic (exact) mass is 531 g/mol. The largest absolute Gasteiger partial charge is 0.483 e. The summed E-state index contributed by atoms with van der Waals surface area (Å²) < 4.78 is 20.9. The number of allylic oxidation sites excluding steroid dienone is 1. The molecule has 204 valence electrons. The van der Waals surface area contributed by atoms with Crippen LogP contribution in [-0.4, -0.2) is 51.1 Å². The number of aliphatic carboxylic acids is 1. The lowest BCUT2D eigenvalue weighted by Gasteiger charge is -2.37. The molecule has 8 heteroatoms. The van der Waals surface area contributed by atoms with Crippen LogP contribution in [0.4, 0.5) is 4.39 Å². The molecule has 0 saturated carbocycles. The first-order chi connectivity index (χ1) is 18.8. The van der Waals surface area contributed by atoms with Crippen molar-refractivity contribution in [2.75, 3.05) is 6.54 Å². The minimum absolute atomic E-state index is 0.127. The van der Waals surface area contributed by atoms with Crippen LogP contribution in [0.25, 0.3) is 22.2 Å². The summed E-state index contributed by atoms with van der Waals surface area (Å²) in [6.07, 6.45) is 7.29. The highest BCUT2D eigenvalue weighted by atomic mass is 19.1. The van der Waals surface area contributed by atoms with Gasteiger partial charge in [-0.15, -0.1) is 6.58 Å². The van der Waals surface area contributed by atoms with E-state index in [1.165, 1.54) is 17.0 Å². The molecule has 1 fully saturated rings. The van der Waals surface area contributed by atoms with Crippen LogP contribution >= 0.6 is 0 Å². The molecule has 0 aliphatic carbocycles. The number of carbonyl (C=O) groups is 2. The van der Waals surface area contributed by atoms with E-state index >= 15 is 0 Å². The quantitative estimate of drug-likeness (QED) is 0.288. The number of para-hydroxylation sites is 1. The summed E-state index contributed by atoms with van der Waals surface area (Å²) in [6.45, 7) is 3.85. The van der Waals surface area contributed by atoms with Gasteiger partial charge in [0.2, 0.25) is 5.91 Å². The minimum Gasteiger partial charge on any atom is -0.483 e. The topological polar surface area (TPSA) is 106 Å². The molecule has 7 nitrogen and oxygen atoms in total. The van der Waals surface area contributed by atoms with Gasteiger partial charge >= 0.3 is 5.97 Å². The summed E-state index contributed by atoms with van der Waals surface area (Å²) in [6, 6.07) is 12.1. The Balaban J connectivity index is 1.45. The highest BCUT2D eigenvalue weighted by Gasteiger charge is 2.53. The maximum Gasteiger partial charge on any atom is 0.326 e. The number of aromatic nitrogens is 1. The number of hydrogen-bond acceptors (Lipinski definition) is 5. The van der Waals surface area contributed by atoms with Crippen LogP contribution in [0, 0.1) is 5.82 Å². The zero-order valence-corrected chi connectivity index (χ0v) is 21.9. The Morgan fingerprint density at radius 2 is 2.05 bits per heavy atom. The van der Waals surface area contributed by atoms with Gasteiger partial charge in [0.15, 0.2) is 0 Å². The zero-order chi connectivity index (χ0) is 27.6. The van der Waals surface area contributed by atoms with Crippen molar-refractivity contribution in [3.8, 4) is 17.0 Å². The molecule has 1 spiro atoms. The smallest absolute Gasteiger partial charge is 0.326 e. The number of carboxylic acids is 1. The van der Waals surface area contributed by atoms with Gasteiger partial charge in [-0.3, -0.25) is 4.79 Å². The maximum absolute atomic E-state index is 14.2. The molecule has 1 amide bonds. The molecular formula is C31H34FN3O4. The molecule has 0 unspecified atom stereocenters. The zero-order valence-electron chi connectivity index (χ0n) is 21.9. The first kappa shape index (κ1) is 26.8. The Labute approximate surface area is 227 Å². The highest BCUT2D eigenvalue weighted by molar-refractivity contribution is 5.90. The molecule has 3 N–H and O–H groups in total. The number of nitrogens with zero attached hydrogens (tertiary/aromatic N) is 2. The van der Waals surface area contributed by atoms with E-state index < -0.39 is 23.7 Å². The Bertz CT molecular complexity index is 1410. The molecule has 3 heterocycles. The van der Waals surface area contributed by atoms with Gasteiger partial charge in [0, 0.05) is 22.9 Å². The predicted octanol–water partition coefficient (Wildman–Crippen LogP) is 5.25. The second-order valence-corrected chi connectivity index (χ2v) is 10.6. The van der Waals surface area contributed by atoms with Crippen molar-refractivity contribution in [2.24, 2.45) is 5.73 Å².